The molecule has 0 aliphatic carbocycles. The van der Waals surface area contributed by atoms with Gasteiger partial charge in [0.05, 0.1) is 15.7 Å². The Balaban J connectivity index is 2.07. The first-order chi connectivity index (χ1) is 11.0. The van der Waals surface area contributed by atoms with Crippen LogP contribution in [-0.2, 0) is 0 Å². The summed E-state index contributed by atoms with van der Waals surface area (Å²) in [4.78, 5) is 18.3. The summed E-state index contributed by atoms with van der Waals surface area (Å²) in [5.74, 6) is 0.379. The topological polar surface area (TPSA) is 57.3 Å². The van der Waals surface area contributed by atoms with Crippen LogP contribution in [0.1, 0.15) is 10.4 Å². The van der Waals surface area contributed by atoms with Crippen LogP contribution in [0.2, 0.25) is 10.0 Å². The van der Waals surface area contributed by atoms with E-state index in [9.17, 15) is 4.79 Å². The van der Waals surface area contributed by atoms with Crippen LogP contribution in [-0.4, -0.2) is 43.0 Å². The van der Waals surface area contributed by atoms with Gasteiger partial charge in [-0.3, -0.25) is 4.79 Å². The van der Waals surface area contributed by atoms with Crippen LogP contribution >= 0.6 is 23.2 Å². The van der Waals surface area contributed by atoms with Crippen molar-refractivity contribution in [3.8, 4) is 0 Å². The second-order valence-corrected chi connectivity index (χ2v) is 6.00. The van der Waals surface area contributed by atoms with Crippen LogP contribution in [0, 0.1) is 0 Å². The predicted octanol–water partition coefficient (Wildman–Crippen LogP) is 3.42. The Kier molecular flexibility index (Phi) is 6.21. The second kappa shape index (κ2) is 8.15. The number of likely N-dealkylation sites (N-methyl/N-ethyl adjacent to an activating group) is 1. The number of nitrogens with one attached hydrogen (secondary N) is 2. The lowest BCUT2D eigenvalue weighted by Gasteiger charge is -2.12. The number of amides is 1. The highest BCUT2D eigenvalue weighted by molar-refractivity contribution is 6.43. The number of anilines is 2. The maximum atomic E-state index is 12.1. The van der Waals surface area contributed by atoms with E-state index in [1.54, 1.807) is 36.5 Å². The Hall–Kier alpha value is -1.82. The Morgan fingerprint density at radius 1 is 1.26 bits per heavy atom. The molecule has 0 spiro atoms. The van der Waals surface area contributed by atoms with E-state index in [2.05, 4.69) is 15.6 Å². The normalized spacial score (nSPS) is 10.7. The molecule has 2 rings (SSSR count). The number of carbonyl (C=O) groups excluding carboxylic acids is 1. The summed E-state index contributed by atoms with van der Waals surface area (Å²) < 4.78 is 0. The summed E-state index contributed by atoms with van der Waals surface area (Å²) in [6.07, 6.45) is 1.57. The smallest absolute Gasteiger partial charge is 0.251 e. The number of pyridine rings is 1. The maximum absolute atomic E-state index is 12.1. The molecular formula is C16H18Cl2N4O. The summed E-state index contributed by atoms with van der Waals surface area (Å²) >= 11 is 12.1. The molecule has 0 aliphatic heterocycles. The summed E-state index contributed by atoms with van der Waals surface area (Å²) in [7, 11) is 3.91. The number of rotatable bonds is 6. The zero-order chi connectivity index (χ0) is 16.8. The van der Waals surface area contributed by atoms with Crippen LogP contribution in [0.3, 0.4) is 0 Å². The van der Waals surface area contributed by atoms with E-state index in [1.807, 2.05) is 19.0 Å². The number of nitrogens with zero attached hydrogens (tertiary/aromatic N) is 2. The van der Waals surface area contributed by atoms with Crippen molar-refractivity contribution in [1.82, 2.24) is 15.2 Å². The molecule has 1 heterocycles. The first-order valence-corrected chi connectivity index (χ1v) is 7.83. The van der Waals surface area contributed by atoms with Gasteiger partial charge in [-0.15, -0.1) is 0 Å². The molecule has 1 aromatic carbocycles. The fourth-order valence-electron chi connectivity index (χ4n) is 1.87. The van der Waals surface area contributed by atoms with Gasteiger partial charge in [-0.25, -0.2) is 4.98 Å². The molecule has 0 bridgehead atoms. The lowest BCUT2D eigenvalue weighted by Crippen LogP contribution is -2.31. The van der Waals surface area contributed by atoms with E-state index in [-0.39, 0.29) is 5.91 Å². The summed E-state index contributed by atoms with van der Waals surface area (Å²) in [5, 5.41) is 6.79. The molecule has 1 aromatic heterocycles. The molecule has 7 heteroatoms. The fourth-order valence-corrected chi connectivity index (χ4v) is 2.22. The third kappa shape index (κ3) is 5.10. The van der Waals surface area contributed by atoms with Crippen molar-refractivity contribution in [3.05, 3.63) is 52.1 Å². The number of hydrogen-bond donors (Lipinski definition) is 2. The van der Waals surface area contributed by atoms with Gasteiger partial charge in [-0.2, -0.15) is 0 Å². The van der Waals surface area contributed by atoms with E-state index in [4.69, 9.17) is 23.2 Å². The van der Waals surface area contributed by atoms with Crippen LogP contribution in [0.25, 0.3) is 0 Å². The zero-order valence-electron chi connectivity index (χ0n) is 12.9. The van der Waals surface area contributed by atoms with Gasteiger partial charge < -0.3 is 15.5 Å². The molecular weight excluding hydrogens is 335 g/mol. The minimum atomic E-state index is -0.144. The van der Waals surface area contributed by atoms with Crippen molar-refractivity contribution in [1.29, 1.82) is 0 Å². The molecule has 0 unspecified atom stereocenters. The summed E-state index contributed by atoms with van der Waals surface area (Å²) in [6.45, 7) is 1.36. The van der Waals surface area contributed by atoms with Gasteiger partial charge >= 0.3 is 0 Å². The molecule has 1 amide bonds. The van der Waals surface area contributed by atoms with E-state index in [1.165, 1.54) is 0 Å². The van der Waals surface area contributed by atoms with Crippen molar-refractivity contribution < 1.29 is 4.79 Å². The predicted molar refractivity (Wildman–Crippen MR) is 94.9 cm³/mol. The Morgan fingerprint density at radius 2 is 2.04 bits per heavy atom. The van der Waals surface area contributed by atoms with E-state index >= 15 is 0 Å². The lowest BCUT2D eigenvalue weighted by molar-refractivity contribution is 0.0951. The van der Waals surface area contributed by atoms with Crippen molar-refractivity contribution in [2.75, 3.05) is 32.5 Å². The molecule has 2 aromatic rings. The van der Waals surface area contributed by atoms with Gasteiger partial charge in [0.2, 0.25) is 0 Å². The van der Waals surface area contributed by atoms with Gasteiger partial charge in [-0.05, 0) is 38.4 Å². The number of carbonyl (C=O) groups is 1. The zero-order valence-corrected chi connectivity index (χ0v) is 14.4. The van der Waals surface area contributed by atoms with Crippen molar-refractivity contribution in [3.63, 3.8) is 0 Å². The molecule has 0 saturated heterocycles. The van der Waals surface area contributed by atoms with Gasteiger partial charge in [0.15, 0.2) is 0 Å². The summed E-state index contributed by atoms with van der Waals surface area (Å²) in [6, 6.07) is 8.61. The molecule has 2 N–H and O–H groups in total. The molecule has 0 atom stereocenters. The number of benzene rings is 1. The SMILES string of the molecule is CN(C)CCNC(=O)c1ccnc(Nc2cccc(Cl)c2Cl)c1. The highest BCUT2D eigenvalue weighted by atomic mass is 35.5. The van der Waals surface area contributed by atoms with E-state index < -0.39 is 0 Å². The Morgan fingerprint density at radius 3 is 2.78 bits per heavy atom. The number of halogens is 2. The minimum absolute atomic E-state index is 0.144. The van der Waals surface area contributed by atoms with Crippen LogP contribution in [0.5, 0.6) is 0 Å². The molecule has 5 nitrogen and oxygen atoms in total. The third-order valence-corrected chi connectivity index (χ3v) is 3.90. The van der Waals surface area contributed by atoms with Crippen molar-refractivity contribution >= 4 is 40.6 Å². The molecule has 23 heavy (non-hydrogen) atoms. The van der Waals surface area contributed by atoms with Crippen LogP contribution in [0.4, 0.5) is 11.5 Å². The highest BCUT2D eigenvalue weighted by Gasteiger charge is 2.09. The monoisotopic (exact) mass is 352 g/mol. The number of aromatic nitrogens is 1. The molecule has 122 valence electrons. The van der Waals surface area contributed by atoms with E-state index in [0.717, 1.165) is 6.54 Å². The maximum Gasteiger partial charge on any atom is 0.251 e. The molecule has 0 aliphatic rings. The largest absolute Gasteiger partial charge is 0.351 e. The second-order valence-electron chi connectivity index (χ2n) is 5.22. The van der Waals surface area contributed by atoms with Gasteiger partial charge in [0, 0.05) is 24.8 Å². The Labute approximate surface area is 145 Å². The minimum Gasteiger partial charge on any atom is -0.351 e. The van der Waals surface area contributed by atoms with Gasteiger partial charge in [0.1, 0.15) is 5.82 Å². The molecule has 0 radical (unpaired) electrons. The lowest BCUT2D eigenvalue weighted by atomic mass is 10.2. The average molecular weight is 353 g/mol. The first-order valence-electron chi connectivity index (χ1n) is 7.07. The van der Waals surface area contributed by atoms with Gasteiger partial charge in [-0.1, -0.05) is 29.3 Å². The fraction of sp³-hybridized carbons (Fsp3) is 0.250. The molecule has 0 fully saturated rings. The molecule has 0 saturated carbocycles. The first kappa shape index (κ1) is 17.5. The van der Waals surface area contributed by atoms with Crippen LogP contribution in [0.15, 0.2) is 36.5 Å². The summed E-state index contributed by atoms with van der Waals surface area (Å²) in [5.41, 5.74) is 1.16. The average Bonchev–Trinajstić information content (AvgIpc) is 2.52. The van der Waals surface area contributed by atoms with Gasteiger partial charge in [0.25, 0.3) is 5.91 Å². The standard InChI is InChI=1S/C16H18Cl2N4O/c1-22(2)9-8-20-16(23)11-6-7-19-14(10-11)21-13-5-3-4-12(17)15(13)18/h3-7,10H,8-9H2,1-2H3,(H,19,21)(H,20,23). The quantitative estimate of drug-likeness (QED) is 0.836. The van der Waals surface area contributed by atoms with Crippen LogP contribution < -0.4 is 10.6 Å². The Bertz CT molecular complexity index is 692. The van der Waals surface area contributed by atoms with Crippen molar-refractivity contribution in [2.24, 2.45) is 0 Å². The van der Waals surface area contributed by atoms with Crippen molar-refractivity contribution in [2.45, 2.75) is 0 Å². The number of hydrogen-bond acceptors (Lipinski definition) is 4. The highest BCUT2D eigenvalue weighted by Crippen LogP contribution is 2.31. The van der Waals surface area contributed by atoms with E-state index in [0.29, 0.717) is 33.7 Å². The third-order valence-electron chi connectivity index (χ3n) is 3.08.